The van der Waals surface area contributed by atoms with Gasteiger partial charge < -0.3 is 14.5 Å². The van der Waals surface area contributed by atoms with Gasteiger partial charge in [-0.15, -0.1) is 0 Å². The zero-order valence-electron chi connectivity index (χ0n) is 24.5. The quantitative estimate of drug-likeness (QED) is 0.426. The predicted octanol–water partition coefficient (Wildman–Crippen LogP) is 4.74. The van der Waals surface area contributed by atoms with Crippen molar-refractivity contribution in [3.05, 3.63) is 41.2 Å². The number of likely N-dealkylation sites (tertiary alicyclic amines) is 1. The minimum absolute atomic E-state index is 0.0311. The van der Waals surface area contributed by atoms with Crippen LogP contribution >= 0.6 is 11.6 Å². The lowest BCUT2D eigenvalue weighted by atomic mass is 9.60. The van der Waals surface area contributed by atoms with Crippen LogP contribution in [0.4, 0.5) is 5.82 Å². The number of H-pyrrole nitrogens is 1. The first kappa shape index (κ1) is 27.0. The molecule has 0 radical (unpaired) electrons. The summed E-state index contributed by atoms with van der Waals surface area (Å²) in [6.45, 7) is 18.7. The van der Waals surface area contributed by atoms with Gasteiger partial charge in [-0.05, 0) is 57.7 Å². The fourth-order valence-corrected chi connectivity index (χ4v) is 7.97. The Bertz CT molecular complexity index is 1530. The molecule has 5 heterocycles. The lowest BCUT2D eigenvalue weighted by Gasteiger charge is -2.58. The number of benzene rings is 1. The molecule has 3 saturated heterocycles. The first-order chi connectivity index (χ1) is 19.7. The number of nitrogens with one attached hydrogen (secondary N) is 1. The zero-order valence-corrected chi connectivity index (χ0v) is 25.3. The number of amides is 1. The van der Waals surface area contributed by atoms with Gasteiger partial charge in [0, 0.05) is 60.3 Å². The maximum absolute atomic E-state index is 12.1. The number of aromatic nitrogens is 4. The molecule has 10 heteroatoms. The number of fused-ring (bicyclic) bond motifs is 1. The van der Waals surface area contributed by atoms with Gasteiger partial charge in [-0.3, -0.25) is 19.5 Å². The minimum atomic E-state index is -0.0830. The van der Waals surface area contributed by atoms with E-state index in [2.05, 4.69) is 65.0 Å². The van der Waals surface area contributed by atoms with Crippen LogP contribution in [0.3, 0.4) is 0 Å². The van der Waals surface area contributed by atoms with Crippen molar-refractivity contribution in [3.8, 4) is 11.1 Å². The van der Waals surface area contributed by atoms with Gasteiger partial charge in [0.25, 0.3) is 0 Å². The van der Waals surface area contributed by atoms with Crippen LogP contribution in [0.25, 0.3) is 22.0 Å². The van der Waals surface area contributed by atoms with E-state index in [1.165, 1.54) is 6.08 Å². The molecule has 9 nitrogen and oxygen atoms in total. The lowest BCUT2D eigenvalue weighted by molar-refractivity contribution is -0.149. The maximum Gasteiger partial charge on any atom is 0.245 e. The van der Waals surface area contributed by atoms with Gasteiger partial charge in [0.05, 0.1) is 47.6 Å². The molecule has 3 aliphatic heterocycles. The van der Waals surface area contributed by atoms with Gasteiger partial charge in [-0.25, -0.2) is 0 Å². The van der Waals surface area contributed by atoms with Crippen LogP contribution in [0.2, 0.25) is 5.02 Å². The van der Waals surface area contributed by atoms with Gasteiger partial charge >= 0.3 is 0 Å². The molecular formula is C31H40ClN7O2. The van der Waals surface area contributed by atoms with E-state index in [-0.39, 0.29) is 16.9 Å². The highest BCUT2D eigenvalue weighted by atomic mass is 35.5. The SMILES string of the molecule is C=CC(=O)N1CC2(CC(n3nc(N4CCN(C5COC5)C[C@]4(C)CC)c(-c4c(Cl)c(C)cc5[nH]ncc45)c3C)C2)C1. The Hall–Kier alpha value is -2.88. The summed E-state index contributed by atoms with van der Waals surface area (Å²) in [6, 6.07) is 2.89. The van der Waals surface area contributed by atoms with Gasteiger partial charge in [0.1, 0.15) is 0 Å². The third-order valence-electron chi connectivity index (χ3n) is 10.4. The summed E-state index contributed by atoms with van der Waals surface area (Å²) in [5.74, 6) is 1.05. The molecule has 1 aliphatic carbocycles. The van der Waals surface area contributed by atoms with Gasteiger partial charge in [0.15, 0.2) is 5.82 Å². The Balaban J connectivity index is 1.30. The van der Waals surface area contributed by atoms with E-state index in [1.54, 1.807) is 0 Å². The number of nitrogens with zero attached hydrogens (tertiary/aromatic N) is 6. The number of halogens is 1. The number of ether oxygens (including phenoxy) is 1. The van der Waals surface area contributed by atoms with E-state index in [4.69, 9.17) is 21.4 Å². The highest BCUT2D eigenvalue weighted by Gasteiger charge is 2.55. The highest BCUT2D eigenvalue weighted by Crippen LogP contribution is 2.56. The second-order valence-electron chi connectivity index (χ2n) is 13.1. The van der Waals surface area contributed by atoms with E-state index >= 15 is 0 Å². The number of hydrogen-bond acceptors (Lipinski definition) is 6. The summed E-state index contributed by atoms with van der Waals surface area (Å²) in [6.07, 6.45) is 6.37. The predicted molar refractivity (Wildman–Crippen MR) is 162 cm³/mol. The van der Waals surface area contributed by atoms with Crippen molar-refractivity contribution < 1.29 is 9.53 Å². The van der Waals surface area contributed by atoms with Gasteiger partial charge in [-0.2, -0.15) is 10.2 Å². The van der Waals surface area contributed by atoms with Crippen molar-refractivity contribution in [2.75, 3.05) is 50.8 Å². The molecule has 4 aliphatic rings. The Kier molecular flexibility index (Phi) is 6.30. The first-order valence-electron chi connectivity index (χ1n) is 14.9. The topological polar surface area (TPSA) is 82.5 Å². The smallest absolute Gasteiger partial charge is 0.245 e. The van der Waals surface area contributed by atoms with Crippen molar-refractivity contribution in [3.63, 3.8) is 0 Å². The van der Waals surface area contributed by atoms with Crippen molar-refractivity contribution in [1.29, 1.82) is 0 Å². The molecule has 1 N–H and O–H groups in total. The highest BCUT2D eigenvalue weighted by molar-refractivity contribution is 6.36. The minimum Gasteiger partial charge on any atom is -0.378 e. The second-order valence-corrected chi connectivity index (χ2v) is 13.4. The average molecular weight is 578 g/mol. The molecule has 1 aromatic carbocycles. The normalized spacial score (nSPS) is 24.9. The summed E-state index contributed by atoms with van der Waals surface area (Å²) in [5, 5.41) is 14.8. The molecule has 3 aromatic rings. The van der Waals surface area contributed by atoms with E-state index in [1.807, 2.05) is 11.1 Å². The molecule has 1 spiro atoms. The summed E-state index contributed by atoms with van der Waals surface area (Å²) in [7, 11) is 0. The van der Waals surface area contributed by atoms with Crippen LogP contribution in [-0.2, 0) is 9.53 Å². The molecule has 2 aromatic heterocycles. The van der Waals surface area contributed by atoms with Crippen LogP contribution in [0.1, 0.15) is 50.4 Å². The maximum atomic E-state index is 12.1. The molecule has 1 saturated carbocycles. The number of carbonyl (C=O) groups is 1. The molecule has 0 unspecified atom stereocenters. The number of piperazine rings is 1. The molecule has 1 atom stereocenters. The number of hydrogen-bond donors (Lipinski definition) is 1. The summed E-state index contributed by atoms with van der Waals surface area (Å²) < 4.78 is 7.80. The van der Waals surface area contributed by atoms with Crippen LogP contribution in [0.15, 0.2) is 24.9 Å². The van der Waals surface area contributed by atoms with Crippen molar-refractivity contribution in [1.82, 2.24) is 29.8 Å². The van der Waals surface area contributed by atoms with E-state index in [0.29, 0.717) is 12.1 Å². The van der Waals surface area contributed by atoms with Gasteiger partial charge in [-0.1, -0.05) is 25.1 Å². The third-order valence-corrected chi connectivity index (χ3v) is 10.9. The summed E-state index contributed by atoms with van der Waals surface area (Å²) in [4.78, 5) is 19.1. The van der Waals surface area contributed by atoms with Crippen molar-refractivity contribution in [2.45, 2.75) is 64.6 Å². The number of anilines is 1. The Labute approximate surface area is 246 Å². The number of rotatable bonds is 6. The van der Waals surface area contributed by atoms with Gasteiger partial charge in [0.2, 0.25) is 5.91 Å². The molecule has 7 rings (SSSR count). The zero-order chi connectivity index (χ0) is 28.7. The molecule has 0 bridgehead atoms. The fourth-order valence-electron chi connectivity index (χ4n) is 7.72. The fraction of sp³-hybridized carbons (Fsp3) is 0.581. The molecule has 41 heavy (non-hydrogen) atoms. The Morgan fingerprint density at radius 3 is 2.61 bits per heavy atom. The molecule has 4 fully saturated rings. The van der Waals surface area contributed by atoms with Crippen molar-refractivity contribution in [2.24, 2.45) is 5.41 Å². The Morgan fingerprint density at radius 2 is 1.95 bits per heavy atom. The number of aromatic amines is 1. The number of aryl methyl sites for hydroxylation is 1. The summed E-state index contributed by atoms with van der Waals surface area (Å²) >= 11 is 7.15. The van der Waals surface area contributed by atoms with Crippen molar-refractivity contribution >= 4 is 34.2 Å². The molecule has 1 amide bonds. The van der Waals surface area contributed by atoms with Crippen LogP contribution in [0, 0.1) is 19.3 Å². The van der Waals surface area contributed by atoms with E-state index in [0.717, 1.165) is 109 Å². The lowest BCUT2D eigenvalue weighted by Crippen LogP contribution is -2.65. The second kappa shape index (κ2) is 9.57. The molecular weight excluding hydrogens is 538 g/mol. The third kappa shape index (κ3) is 4.07. The van der Waals surface area contributed by atoms with E-state index in [9.17, 15) is 4.79 Å². The standard InChI is InChI=1S/C31H40ClN7O2/c1-6-25(40)37-17-31(18-37)11-21(12-31)39-20(4)26(27-23-13-33-34-24(23)10-19(3)28(27)32)29(35-39)38-9-8-36(22-14-41-15-22)16-30(38,5)7-2/h6,10,13,21-22H,1,7-9,11-12,14-18H2,2-5H3,(H,33,34)/t30-/m0/s1. The largest absolute Gasteiger partial charge is 0.378 e. The monoisotopic (exact) mass is 577 g/mol. The van der Waals surface area contributed by atoms with E-state index < -0.39 is 0 Å². The van der Waals surface area contributed by atoms with Crippen LogP contribution in [-0.4, -0.2) is 93.2 Å². The Morgan fingerprint density at radius 1 is 1.20 bits per heavy atom. The number of carbonyl (C=O) groups excluding carboxylic acids is 1. The first-order valence-corrected chi connectivity index (χ1v) is 15.3. The molecule has 218 valence electrons. The summed E-state index contributed by atoms with van der Waals surface area (Å²) in [5.41, 5.74) is 5.40. The average Bonchev–Trinajstić information content (AvgIpc) is 3.46. The van der Waals surface area contributed by atoms with Crippen LogP contribution < -0.4 is 4.90 Å². The van der Waals surface area contributed by atoms with Crippen LogP contribution in [0.5, 0.6) is 0 Å².